The van der Waals surface area contributed by atoms with Gasteiger partial charge in [-0.15, -0.1) is 0 Å². The molecule has 11 heteroatoms. The van der Waals surface area contributed by atoms with Crippen molar-refractivity contribution in [3.8, 4) is 0 Å². The van der Waals surface area contributed by atoms with Crippen molar-refractivity contribution in [3.63, 3.8) is 0 Å². The molecule has 1 aliphatic rings. The van der Waals surface area contributed by atoms with Crippen LogP contribution in [0.2, 0.25) is 0 Å². The van der Waals surface area contributed by atoms with Crippen LogP contribution in [-0.4, -0.2) is 8.30 Å². The summed E-state index contributed by atoms with van der Waals surface area (Å²) in [5.74, 6) is 1.33. The summed E-state index contributed by atoms with van der Waals surface area (Å²) < 4.78 is 4.52. The first-order chi connectivity index (χ1) is 6.88. The second-order valence-electron chi connectivity index (χ2n) is 4.20. The van der Waals surface area contributed by atoms with Crippen LogP contribution in [-0.2, 0) is 228 Å². The minimum atomic E-state index is 0. The van der Waals surface area contributed by atoms with Crippen LogP contribution in [0.3, 0.4) is 0 Å². The monoisotopic (exact) mass is 2200 g/mol. The maximum Gasteiger partial charge on any atom is 0 e. The van der Waals surface area contributed by atoms with E-state index >= 15 is 0 Å². The predicted octanol–water partition coefficient (Wildman–Crippen LogP) is 2.90. The maximum atomic E-state index is 5.73. The minimum absolute atomic E-state index is 0. The summed E-state index contributed by atoms with van der Waals surface area (Å²) in [7, 11) is 0. The fourth-order valence-electron chi connectivity index (χ4n) is 0.990. The Bertz CT molecular complexity index is 298. The Morgan fingerprint density at radius 2 is 1.17 bits per heavy atom. The Labute approximate surface area is 300 Å². The van der Waals surface area contributed by atoms with Crippen molar-refractivity contribution in [3.05, 3.63) is 23.8 Å². The SMILES string of the molecule is CC(C)[C-]=[W].[CH-]=C1C=C(C(C)C)C[C]1=[W].[W].[W].[W].[W].[W].[W].[W].[W].[W]. The van der Waals surface area contributed by atoms with Gasteiger partial charge in [0.05, 0.1) is 0 Å². The molecule has 0 fully saturated rings. The average molecular weight is 2200 g/mol. The molecule has 138 valence electrons. The van der Waals surface area contributed by atoms with Gasteiger partial charge in [0.15, 0.2) is 0 Å². The molecular formula is C13H18W11-2. The van der Waals surface area contributed by atoms with Crippen LogP contribution in [0, 0.1) is 18.4 Å². The van der Waals surface area contributed by atoms with E-state index in [0.717, 1.165) is 12.0 Å². The number of hydrogen-bond acceptors (Lipinski definition) is 0. The summed E-state index contributed by atoms with van der Waals surface area (Å²) in [6.45, 7) is 14.4. The third-order valence-corrected chi connectivity index (χ3v) is 5.06. The molecule has 0 saturated carbocycles. The van der Waals surface area contributed by atoms with Crippen LogP contribution < -0.4 is 0 Å². The number of allylic oxidation sites excluding steroid dienone is 3. The number of hydrogen-bond donors (Lipinski definition) is 0. The Balaban J connectivity index is -0.0000000162. The average Bonchev–Trinajstić information content (AvgIpc) is 2.48. The third kappa shape index (κ3) is 36.2. The predicted molar refractivity (Wildman–Crippen MR) is 60.2 cm³/mol. The molecule has 0 aromatic heterocycles. The molecule has 0 unspecified atom stereocenters. The molecule has 0 amide bonds. The van der Waals surface area contributed by atoms with Gasteiger partial charge in [0.2, 0.25) is 0 Å². The molecule has 24 heavy (non-hydrogen) atoms. The van der Waals surface area contributed by atoms with Crippen molar-refractivity contribution >= 4 is 8.30 Å². The van der Waals surface area contributed by atoms with Gasteiger partial charge in [-0.2, -0.15) is 0 Å². The van der Waals surface area contributed by atoms with E-state index in [1.807, 2.05) is 0 Å². The van der Waals surface area contributed by atoms with Gasteiger partial charge in [0.1, 0.15) is 0 Å². The van der Waals surface area contributed by atoms with Gasteiger partial charge in [-0.3, -0.25) is 0 Å². The van der Waals surface area contributed by atoms with E-state index in [9.17, 15) is 0 Å². The maximum absolute atomic E-state index is 5.73. The van der Waals surface area contributed by atoms with E-state index in [4.69, 9.17) is 6.58 Å². The molecule has 0 atom stereocenters. The summed E-state index contributed by atoms with van der Waals surface area (Å²) in [4.78, 5) is 0. The van der Waals surface area contributed by atoms with Gasteiger partial charge < -0.3 is 0 Å². The first-order valence-electron chi connectivity index (χ1n) is 5.12. The smallest absolute Gasteiger partial charge is 0 e. The molecule has 0 aliphatic heterocycles. The molecule has 0 radical (unpaired) electrons. The third-order valence-electron chi connectivity index (χ3n) is 2.00. The van der Waals surface area contributed by atoms with Gasteiger partial charge in [0.25, 0.3) is 0 Å². The summed E-state index contributed by atoms with van der Waals surface area (Å²) in [5, 5.41) is 0. The largest absolute Gasteiger partial charge is 0 e. The van der Waals surface area contributed by atoms with Gasteiger partial charge in [0, 0.05) is 190 Å². The first kappa shape index (κ1) is 63.2. The summed E-state index contributed by atoms with van der Waals surface area (Å²) >= 11 is 2.97. The Kier molecular flexibility index (Phi) is 106. The first-order valence-corrected chi connectivity index (χ1v) is 8.05. The molecule has 0 nitrogen and oxygen atoms in total. The van der Waals surface area contributed by atoms with Crippen LogP contribution in [0.25, 0.3) is 0 Å². The zero-order valence-corrected chi connectivity index (χ0v) is 45.8. The van der Waals surface area contributed by atoms with Crippen LogP contribution >= 0.6 is 0 Å². The standard InChI is InChI=1S/C9H11.C4H7.11W/c1-7(2)9-5-4-8(3)6-9;1-4(2)3;;;;;;;;;;;/h3,6-7H,5H2,1-2H3;4H,1-2H3;;;;;;;;;;;/q2*-1;;;;;;;;;;;. The van der Waals surface area contributed by atoms with E-state index in [2.05, 4.69) is 38.2 Å². The van der Waals surface area contributed by atoms with Crippen molar-refractivity contribution in [1.82, 2.24) is 0 Å². The van der Waals surface area contributed by atoms with Crippen LogP contribution in [0.5, 0.6) is 0 Å². The van der Waals surface area contributed by atoms with Gasteiger partial charge in [-0.05, 0) is 0 Å². The molecule has 1 aliphatic carbocycles. The van der Waals surface area contributed by atoms with Crippen LogP contribution in [0.4, 0.5) is 0 Å². The van der Waals surface area contributed by atoms with E-state index in [-0.39, 0.29) is 190 Å². The van der Waals surface area contributed by atoms with Gasteiger partial charge in [-0.1, -0.05) is 0 Å². The zero-order chi connectivity index (χ0) is 12.0. The minimum Gasteiger partial charge on any atom is 0 e. The second kappa shape index (κ2) is 40.2. The Hall–Kier alpha value is 6.79. The molecule has 0 saturated heterocycles. The van der Waals surface area contributed by atoms with Crippen LogP contribution in [0.15, 0.2) is 17.2 Å². The van der Waals surface area contributed by atoms with Crippen molar-refractivity contribution in [2.24, 2.45) is 11.8 Å². The van der Waals surface area contributed by atoms with Gasteiger partial charge in [-0.25, -0.2) is 0 Å². The van der Waals surface area contributed by atoms with E-state index in [1.54, 1.807) is 0 Å². The van der Waals surface area contributed by atoms with Crippen molar-refractivity contribution in [2.45, 2.75) is 34.1 Å². The molecule has 0 bridgehead atoms. The van der Waals surface area contributed by atoms with Crippen molar-refractivity contribution in [1.29, 1.82) is 0 Å². The van der Waals surface area contributed by atoms with E-state index in [0.29, 0.717) is 11.8 Å². The van der Waals surface area contributed by atoms with Crippen molar-refractivity contribution < 1.29 is 228 Å². The Morgan fingerprint density at radius 1 is 0.875 bits per heavy atom. The second-order valence-corrected chi connectivity index (χ2v) is 6.82. The summed E-state index contributed by atoms with van der Waals surface area (Å²) in [6, 6.07) is 0. The van der Waals surface area contributed by atoms with Crippen molar-refractivity contribution in [2.75, 3.05) is 0 Å². The normalized spacial score (nSPS) is 9.50. The topological polar surface area (TPSA) is 0 Å². The molecular weight excluding hydrogens is 2180 g/mol. The number of rotatable bonds is 2. The van der Waals surface area contributed by atoms with Gasteiger partial charge >= 0.3 is 117 Å². The zero-order valence-electron chi connectivity index (χ0n) is 13.5. The van der Waals surface area contributed by atoms with E-state index in [1.165, 1.54) is 48.2 Å². The molecule has 0 aromatic carbocycles. The van der Waals surface area contributed by atoms with E-state index < -0.39 is 0 Å². The summed E-state index contributed by atoms with van der Waals surface area (Å²) in [5.41, 5.74) is 2.50. The molecule has 1 rings (SSSR count). The molecule has 0 aromatic rings. The Morgan fingerprint density at radius 3 is 1.25 bits per heavy atom. The quantitative estimate of drug-likeness (QED) is 0.374. The summed E-state index contributed by atoms with van der Waals surface area (Å²) in [6.07, 6.45) is 3.26. The molecule has 0 spiro atoms. The fourth-order valence-corrected chi connectivity index (χ4v) is 1.80. The fraction of sp³-hybridized carbons (Fsp3) is 0.538. The molecule has 0 heterocycles. The molecule has 0 N–H and O–H groups in total. The van der Waals surface area contributed by atoms with Crippen LogP contribution in [0.1, 0.15) is 34.1 Å².